The van der Waals surface area contributed by atoms with E-state index in [0.29, 0.717) is 42.1 Å². The summed E-state index contributed by atoms with van der Waals surface area (Å²) < 4.78 is 40.5. The third kappa shape index (κ3) is 4.33. The van der Waals surface area contributed by atoms with Gasteiger partial charge in [0.25, 0.3) is 0 Å². The molecule has 4 rings (SSSR count). The highest BCUT2D eigenvalue weighted by Crippen LogP contribution is 2.30. The van der Waals surface area contributed by atoms with Gasteiger partial charge in [-0.2, -0.15) is 23.1 Å². The number of amides is 1. The van der Waals surface area contributed by atoms with Gasteiger partial charge < -0.3 is 14.8 Å². The number of nitrogens with one attached hydrogen (secondary N) is 1. The summed E-state index contributed by atoms with van der Waals surface area (Å²) in [6, 6.07) is 5.05. The van der Waals surface area contributed by atoms with Gasteiger partial charge in [0.2, 0.25) is 11.2 Å². The first-order valence-electron chi connectivity index (χ1n) is 9.37. The Morgan fingerprint density at radius 2 is 2.03 bits per heavy atom. The highest BCUT2D eigenvalue weighted by Gasteiger charge is 2.30. The van der Waals surface area contributed by atoms with E-state index < -0.39 is 11.7 Å². The van der Waals surface area contributed by atoms with Crippen LogP contribution in [-0.2, 0) is 24.1 Å². The van der Waals surface area contributed by atoms with E-state index in [-0.39, 0.29) is 17.7 Å². The molecule has 1 saturated heterocycles. The number of hydrogen-bond acceptors (Lipinski definition) is 5. The molecule has 0 bridgehead atoms. The van der Waals surface area contributed by atoms with Crippen LogP contribution in [0.5, 0.6) is 0 Å². The Bertz CT molecular complexity index is 1080. The second-order valence-corrected chi connectivity index (χ2v) is 7.33. The number of benzene rings is 1. The molecule has 3 aromatic rings. The number of imidazole rings is 1. The molecular formula is C19H18ClF3N6O. The molecule has 7 nitrogen and oxygen atoms in total. The fraction of sp³-hybridized carbons (Fsp3) is 0.368. The molecule has 2 aromatic heterocycles. The number of nitrogens with zero attached hydrogens (tertiary/aromatic N) is 5. The number of likely N-dealkylation sites (tertiary alicyclic amines) is 1. The van der Waals surface area contributed by atoms with Crippen LogP contribution < -0.4 is 5.32 Å². The van der Waals surface area contributed by atoms with Gasteiger partial charge in [-0.1, -0.05) is 12.1 Å². The average Bonchev–Trinajstić information content (AvgIpc) is 3.30. The zero-order valence-electron chi connectivity index (χ0n) is 15.8. The summed E-state index contributed by atoms with van der Waals surface area (Å²) in [5.74, 6) is 0.467. The smallest absolute Gasteiger partial charge is 0.364 e. The molecule has 0 atom stereocenters. The van der Waals surface area contributed by atoms with E-state index in [4.69, 9.17) is 11.6 Å². The maximum Gasteiger partial charge on any atom is 0.416 e. The molecule has 0 aliphatic carbocycles. The van der Waals surface area contributed by atoms with E-state index in [2.05, 4.69) is 20.3 Å². The van der Waals surface area contributed by atoms with Gasteiger partial charge in [-0.15, -0.1) is 0 Å². The lowest BCUT2D eigenvalue weighted by Gasteiger charge is -2.15. The SMILES string of the molecule is O=C1CCCN1CCn1cnc2c(NCc3cccc(C(F)(F)F)c3)nc(Cl)nc21. The zero-order chi connectivity index (χ0) is 21.3. The first-order chi connectivity index (χ1) is 14.3. The zero-order valence-corrected chi connectivity index (χ0v) is 16.5. The molecule has 158 valence electrons. The predicted molar refractivity (Wildman–Crippen MR) is 105 cm³/mol. The van der Waals surface area contributed by atoms with Gasteiger partial charge in [0, 0.05) is 32.6 Å². The molecule has 11 heteroatoms. The summed E-state index contributed by atoms with van der Waals surface area (Å²) in [6.45, 7) is 1.90. The van der Waals surface area contributed by atoms with Crippen LogP contribution in [0, 0.1) is 0 Å². The van der Waals surface area contributed by atoms with Crippen LogP contribution >= 0.6 is 11.6 Å². The number of aromatic nitrogens is 4. The third-order valence-corrected chi connectivity index (χ3v) is 5.10. The second kappa shape index (κ2) is 8.10. The van der Waals surface area contributed by atoms with E-state index in [0.717, 1.165) is 25.1 Å². The Hall–Kier alpha value is -2.88. The van der Waals surface area contributed by atoms with Gasteiger partial charge in [0.05, 0.1) is 11.9 Å². The first-order valence-corrected chi connectivity index (χ1v) is 9.75. The Kier molecular flexibility index (Phi) is 5.50. The summed E-state index contributed by atoms with van der Waals surface area (Å²) in [5.41, 5.74) is 0.681. The minimum Gasteiger partial charge on any atom is -0.364 e. The van der Waals surface area contributed by atoms with Gasteiger partial charge >= 0.3 is 6.18 Å². The molecule has 1 N–H and O–H groups in total. The first kappa shape index (κ1) is 20.4. The molecule has 1 aliphatic heterocycles. The topological polar surface area (TPSA) is 75.9 Å². The Balaban J connectivity index is 1.52. The molecule has 0 unspecified atom stereocenters. The Morgan fingerprint density at radius 3 is 2.77 bits per heavy atom. The van der Waals surface area contributed by atoms with Crippen LogP contribution in [0.4, 0.5) is 19.0 Å². The molecule has 30 heavy (non-hydrogen) atoms. The number of hydrogen-bond donors (Lipinski definition) is 1. The van der Waals surface area contributed by atoms with Crippen molar-refractivity contribution >= 4 is 34.5 Å². The normalized spacial score (nSPS) is 14.7. The molecule has 3 heterocycles. The van der Waals surface area contributed by atoms with E-state index in [1.807, 2.05) is 0 Å². The summed E-state index contributed by atoms with van der Waals surface area (Å²) in [6.07, 6.45) is -1.38. The van der Waals surface area contributed by atoms with Crippen LogP contribution in [0.15, 0.2) is 30.6 Å². The lowest BCUT2D eigenvalue weighted by molar-refractivity contribution is -0.137. The molecule has 0 spiro atoms. The van der Waals surface area contributed by atoms with E-state index in [1.54, 1.807) is 21.9 Å². The Morgan fingerprint density at radius 1 is 1.20 bits per heavy atom. The van der Waals surface area contributed by atoms with Crippen LogP contribution in [0.2, 0.25) is 5.28 Å². The standard InChI is InChI=1S/C19H18ClF3N6O/c20-18-26-16(24-10-12-3-1-4-13(9-12)19(21,22)23)15-17(27-18)29(11-25-15)8-7-28-6-2-5-14(28)30/h1,3-4,9,11H,2,5-8,10H2,(H,24,26,27). The van der Waals surface area contributed by atoms with Gasteiger partial charge in [-0.25, -0.2) is 4.98 Å². The number of fused-ring (bicyclic) bond motifs is 1. The van der Waals surface area contributed by atoms with Crippen LogP contribution in [0.1, 0.15) is 24.0 Å². The quantitative estimate of drug-likeness (QED) is 0.593. The summed E-state index contributed by atoms with van der Waals surface area (Å²) in [4.78, 5) is 26.3. The maximum atomic E-state index is 12.9. The number of alkyl halides is 3. The number of rotatable bonds is 6. The molecule has 1 aromatic carbocycles. The monoisotopic (exact) mass is 438 g/mol. The van der Waals surface area contributed by atoms with Crippen molar-refractivity contribution in [3.8, 4) is 0 Å². The van der Waals surface area contributed by atoms with E-state index in [1.165, 1.54) is 6.07 Å². The van der Waals surface area contributed by atoms with Crippen molar-refractivity contribution in [1.82, 2.24) is 24.4 Å². The van der Waals surface area contributed by atoms with Crippen LogP contribution in [0.3, 0.4) is 0 Å². The van der Waals surface area contributed by atoms with Gasteiger partial charge in [-0.3, -0.25) is 4.79 Å². The van der Waals surface area contributed by atoms with Crippen molar-refractivity contribution in [2.24, 2.45) is 0 Å². The second-order valence-electron chi connectivity index (χ2n) is 6.99. The summed E-state index contributed by atoms with van der Waals surface area (Å²) >= 11 is 6.05. The molecule has 1 fully saturated rings. The highest BCUT2D eigenvalue weighted by molar-refractivity contribution is 6.28. The molecule has 1 amide bonds. The van der Waals surface area contributed by atoms with Gasteiger partial charge in [0.15, 0.2) is 17.0 Å². The van der Waals surface area contributed by atoms with Crippen LogP contribution in [0.25, 0.3) is 11.2 Å². The largest absolute Gasteiger partial charge is 0.416 e. The number of halogens is 4. The lowest BCUT2D eigenvalue weighted by atomic mass is 10.1. The fourth-order valence-electron chi connectivity index (χ4n) is 3.42. The molecule has 0 radical (unpaired) electrons. The third-order valence-electron chi connectivity index (χ3n) is 4.93. The van der Waals surface area contributed by atoms with Crippen molar-refractivity contribution in [3.63, 3.8) is 0 Å². The molecule has 1 aliphatic rings. The minimum absolute atomic E-state index is 0.00644. The highest BCUT2D eigenvalue weighted by atomic mass is 35.5. The molecule has 0 saturated carbocycles. The van der Waals surface area contributed by atoms with Gasteiger partial charge in [0.1, 0.15) is 0 Å². The number of carbonyl (C=O) groups excluding carboxylic acids is 1. The number of anilines is 1. The summed E-state index contributed by atoms with van der Waals surface area (Å²) in [7, 11) is 0. The van der Waals surface area contributed by atoms with Crippen molar-refractivity contribution in [1.29, 1.82) is 0 Å². The lowest BCUT2D eigenvalue weighted by Crippen LogP contribution is -2.28. The van der Waals surface area contributed by atoms with Gasteiger partial charge in [-0.05, 0) is 35.7 Å². The van der Waals surface area contributed by atoms with Crippen molar-refractivity contribution < 1.29 is 18.0 Å². The fourth-order valence-corrected chi connectivity index (χ4v) is 3.58. The molecular weight excluding hydrogens is 421 g/mol. The summed E-state index contributed by atoms with van der Waals surface area (Å²) in [5, 5.41) is 2.99. The average molecular weight is 439 g/mol. The Labute approximate surface area is 174 Å². The minimum atomic E-state index is -4.41. The van der Waals surface area contributed by atoms with Crippen molar-refractivity contribution in [2.45, 2.75) is 32.1 Å². The predicted octanol–water partition coefficient (Wildman–Crippen LogP) is 3.73. The number of carbonyl (C=O) groups is 1. The maximum absolute atomic E-state index is 12.9. The van der Waals surface area contributed by atoms with E-state index in [9.17, 15) is 18.0 Å². The van der Waals surface area contributed by atoms with E-state index >= 15 is 0 Å². The van der Waals surface area contributed by atoms with Crippen LogP contribution in [-0.4, -0.2) is 43.4 Å². The van der Waals surface area contributed by atoms with Crippen molar-refractivity contribution in [3.05, 3.63) is 47.0 Å². The van der Waals surface area contributed by atoms with Crippen molar-refractivity contribution in [2.75, 3.05) is 18.4 Å².